The number of aliphatic hydroxyl groups excluding tert-OH is 1. The maximum Gasteiger partial charge on any atom is 0.172 e. The van der Waals surface area contributed by atoms with E-state index < -0.39 is 0 Å². The van der Waals surface area contributed by atoms with Crippen molar-refractivity contribution in [3.8, 4) is 0 Å². The lowest BCUT2D eigenvalue weighted by Crippen LogP contribution is -2.02. The van der Waals surface area contributed by atoms with E-state index in [9.17, 15) is 4.79 Å². The molecule has 0 spiro atoms. The van der Waals surface area contributed by atoms with Crippen LogP contribution in [0.3, 0.4) is 0 Å². The largest absolute Gasteiger partial charge is 0.396 e. The highest BCUT2D eigenvalue weighted by Gasteiger charge is 2.05. The molecule has 0 aliphatic carbocycles. The lowest BCUT2D eigenvalue weighted by atomic mass is 10.1. The topological polar surface area (TPSA) is 37.3 Å². The molecule has 0 unspecified atom stereocenters. The Morgan fingerprint density at radius 2 is 1.78 bits per heavy atom. The molecular formula is C14H19ClO2S. The molecule has 0 heterocycles. The smallest absolute Gasteiger partial charge is 0.172 e. The first kappa shape index (κ1) is 15.5. The van der Waals surface area contributed by atoms with Gasteiger partial charge in [-0.25, -0.2) is 0 Å². The number of hydrogen-bond donors (Lipinski definition) is 1. The normalized spacial score (nSPS) is 10.6. The quantitative estimate of drug-likeness (QED) is 0.554. The molecule has 0 radical (unpaired) electrons. The fraction of sp³-hybridized carbons (Fsp3) is 0.500. The van der Waals surface area contributed by atoms with Crippen LogP contribution in [0, 0.1) is 0 Å². The molecule has 0 saturated carbocycles. The number of halogens is 1. The lowest BCUT2D eigenvalue weighted by molar-refractivity contribution is 0.102. The Balaban J connectivity index is 2.12. The van der Waals surface area contributed by atoms with Crippen molar-refractivity contribution in [2.75, 3.05) is 18.1 Å². The molecule has 1 rings (SSSR count). The first-order valence-corrected chi connectivity index (χ1v) is 7.74. The minimum atomic E-state index is 0.159. The van der Waals surface area contributed by atoms with Crippen molar-refractivity contribution < 1.29 is 9.90 Å². The van der Waals surface area contributed by atoms with Crippen LogP contribution in [0.1, 0.15) is 36.0 Å². The number of unbranched alkanes of at least 4 members (excludes halogenated alkanes) is 3. The van der Waals surface area contributed by atoms with Crippen molar-refractivity contribution in [3.05, 3.63) is 34.9 Å². The van der Waals surface area contributed by atoms with Crippen LogP contribution in [0.25, 0.3) is 0 Å². The molecule has 1 aromatic carbocycles. The zero-order valence-corrected chi connectivity index (χ0v) is 12.0. The average molecular weight is 287 g/mol. The van der Waals surface area contributed by atoms with Crippen LogP contribution < -0.4 is 0 Å². The predicted molar refractivity (Wildman–Crippen MR) is 78.7 cm³/mol. The van der Waals surface area contributed by atoms with Gasteiger partial charge in [0, 0.05) is 17.2 Å². The number of aliphatic hydroxyl groups is 1. The molecule has 1 aromatic rings. The van der Waals surface area contributed by atoms with Crippen LogP contribution in [0.5, 0.6) is 0 Å². The highest BCUT2D eigenvalue weighted by molar-refractivity contribution is 7.99. The molecule has 0 amide bonds. The standard InChI is InChI=1S/C14H19ClO2S/c15-13-7-5-12(6-8-13)14(17)11-18-10-4-2-1-3-9-16/h5-8,16H,1-4,9-11H2. The molecule has 0 aromatic heterocycles. The Labute approximate surface area is 118 Å². The number of Topliss-reactive ketones (excluding diaryl/α,β-unsaturated/α-hetero) is 1. The van der Waals surface area contributed by atoms with Gasteiger partial charge < -0.3 is 5.11 Å². The van der Waals surface area contributed by atoms with Gasteiger partial charge in [0.1, 0.15) is 0 Å². The van der Waals surface area contributed by atoms with Crippen molar-refractivity contribution in [2.45, 2.75) is 25.7 Å². The van der Waals surface area contributed by atoms with Gasteiger partial charge in [-0.3, -0.25) is 4.79 Å². The second-order valence-corrected chi connectivity index (χ2v) is 5.66. The number of benzene rings is 1. The second-order valence-electron chi connectivity index (χ2n) is 4.12. The maximum atomic E-state index is 11.8. The summed E-state index contributed by atoms with van der Waals surface area (Å²) in [7, 11) is 0. The van der Waals surface area contributed by atoms with E-state index in [1.165, 1.54) is 0 Å². The Hall–Kier alpha value is -0.510. The van der Waals surface area contributed by atoms with Gasteiger partial charge in [0.25, 0.3) is 0 Å². The first-order valence-electron chi connectivity index (χ1n) is 6.21. The van der Waals surface area contributed by atoms with E-state index in [0.717, 1.165) is 37.0 Å². The molecule has 0 atom stereocenters. The summed E-state index contributed by atoms with van der Waals surface area (Å²) in [6.45, 7) is 0.280. The summed E-state index contributed by atoms with van der Waals surface area (Å²) in [5.41, 5.74) is 0.729. The fourth-order valence-electron chi connectivity index (χ4n) is 1.55. The zero-order valence-electron chi connectivity index (χ0n) is 10.4. The van der Waals surface area contributed by atoms with Crippen LogP contribution in [-0.2, 0) is 0 Å². The molecule has 0 bridgehead atoms. The van der Waals surface area contributed by atoms with Gasteiger partial charge in [-0.2, -0.15) is 11.8 Å². The number of carbonyl (C=O) groups excluding carboxylic acids is 1. The number of carbonyl (C=O) groups is 1. The van der Waals surface area contributed by atoms with Gasteiger partial charge in [-0.05, 0) is 42.9 Å². The minimum Gasteiger partial charge on any atom is -0.396 e. The molecular weight excluding hydrogens is 268 g/mol. The van der Waals surface area contributed by atoms with Crippen LogP contribution in [0.15, 0.2) is 24.3 Å². The highest BCUT2D eigenvalue weighted by Crippen LogP contribution is 2.13. The third-order valence-corrected chi connectivity index (χ3v) is 3.89. The fourth-order valence-corrected chi connectivity index (χ4v) is 2.58. The van der Waals surface area contributed by atoms with Crippen molar-refractivity contribution in [1.82, 2.24) is 0 Å². The second kappa shape index (κ2) is 9.42. The van der Waals surface area contributed by atoms with E-state index in [2.05, 4.69) is 0 Å². The van der Waals surface area contributed by atoms with Gasteiger partial charge in [-0.1, -0.05) is 24.4 Å². The van der Waals surface area contributed by atoms with E-state index in [0.29, 0.717) is 10.8 Å². The summed E-state index contributed by atoms with van der Waals surface area (Å²) >= 11 is 7.44. The van der Waals surface area contributed by atoms with Crippen molar-refractivity contribution >= 4 is 29.1 Å². The van der Waals surface area contributed by atoms with Crippen molar-refractivity contribution in [3.63, 3.8) is 0 Å². The molecule has 100 valence electrons. The summed E-state index contributed by atoms with van der Waals surface area (Å²) in [6, 6.07) is 7.03. The zero-order chi connectivity index (χ0) is 13.2. The summed E-state index contributed by atoms with van der Waals surface area (Å²) in [6.07, 6.45) is 4.19. The number of ketones is 1. The Morgan fingerprint density at radius 3 is 2.44 bits per heavy atom. The van der Waals surface area contributed by atoms with Crippen LogP contribution in [0.4, 0.5) is 0 Å². The summed E-state index contributed by atoms with van der Waals surface area (Å²) in [4.78, 5) is 11.8. The predicted octanol–water partition coefficient (Wildman–Crippen LogP) is 3.81. The van der Waals surface area contributed by atoms with Crippen LogP contribution in [0.2, 0.25) is 5.02 Å². The van der Waals surface area contributed by atoms with Crippen LogP contribution >= 0.6 is 23.4 Å². The van der Waals surface area contributed by atoms with Gasteiger partial charge in [0.05, 0.1) is 5.75 Å². The number of rotatable bonds is 9. The third-order valence-electron chi connectivity index (χ3n) is 2.60. The van der Waals surface area contributed by atoms with E-state index >= 15 is 0 Å². The van der Waals surface area contributed by atoms with E-state index in [4.69, 9.17) is 16.7 Å². The summed E-state index contributed by atoms with van der Waals surface area (Å²) in [5.74, 6) is 1.69. The third kappa shape index (κ3) is 6.43. The Bertz CT molecular complexity index is 351. The van der Waals surface area contributed by atoms with Crippen molar-refractivity contribution in [1.29, 1.82) is 0 Å². The first-order chi connectivity index (χ1) is 8.74. The highest BCUT2D eigenvalue weighted by atomic mass is 35.5. The molecule has 4 heteroatoms. The number of hydrogen-bond acceptors (Lipinski definition) is 3. The van der Waals surface area contributed by atoms with E-state index in [1.807, 2.05) is 0 Å². The molecule has 18 heavy (non-hydrogen) atoms. The molecule has 0 fully saturated rings. The summed E-state index contributed by atoms with van der Waals surface area (Å²) in [5, 5.41) is 9.28. The minimum absolute atomic E-state index is 0.159. The maximum absolute atomic E-state index is 11.8. The molecule has 2 nitrogen and oxygen atoms in total. The molecule has 0 aliphatic heterocycles. The van der Waals surface area contributed by atoms with Gasteiger partial charge in [0.15, 0.2) is 5.78 Å². The SMILES string of the molecule is O=C(CSCCCCCCO)c1ccc(Cl)cc1. The number of thioether (sulfide) groups is 1. The summed E-state index contributed by atoms with van der Waals surface area (Å²) < 4.78 is 0. The average Bonchev–Trinajstić information content (AvgIpc) is 2.38. The molecule has 0 saturated heterocycles. The molecule has 1 N–H and O–H groups in total. The Morgan fingerprint density at radius 1 is 1.11 bits per heavy atom. The van der Waals surface area contributed by atoms with Gasteiger partial charge in [0.2, 0.25) is 0 Å². The van der Waals surface area contributed by atoms with Gasteiger partial charge >= 0.3 is 0 Å². The van der Waals surface area contributed by atoms with Crippen molar-refractivity contribution in [2.24, 2.45) is 0 Å². The monoisotopic (exact) mass is 286 g/mol. The van der Waals surface area contributed by atoms with Crippen LogP contribution in [-0.4, -0.2) is 29.0 Å². The molecule has 0 aliphatic rings. The van der Waals surface area contributed by atoms with E-state index in [-0.39, 0.29) is 12.4 Å². The van der Waals surface area contributed by atoms with E-state index in [1.54, 1.807) is 36.0 Å². The van der Waals surface area contributed by atoms with Gasteiger partial charge in [-0.15, -0.1) is 0 Å². The Kier molecular flexibility index (Phi) is 8.14. The lowest BCUT2D eigenvalue weighted by Gasteiger charge is -2.02.